The fraction of sp³-hybridized carbons (Fsp3) is 0.0213. The Balaban J connectivity index is 1.26. The Morgan fingerprint density at radius 3 is 2.10 bits per heavy atom. The van der Waals surface area contributed by atoms with Crippen molar-refractivity contribution in [3.05, 3.63) is 176 Å². The van der Waals surface area contributed by atoms with Crippen LogP contribution in [0.15, 0.2) is 176 Å². The van der Waals surface area contributed by atoms with E-state index in [4.69, 9.17) is 9.72 Å². The molecule has 0 fully saturated rings. The Morgan fingerprint density at radius 1 is 0.569 bits per heavy atom. The normalized spacial score (nSPS) is 15.2. The third kappa shape index (κ3) is 4.08. The van der Waals surface area contributed by atoms with Gasteiger partial charge in [0.25, 0.3) is 5.69 Å². The van der Waals surface area contributed by atoms with Crippen LogP contribution in [-0.4, -0.2) is 21.4 Å². The maximum Gasteiger partial charge on any atom is 0.254 e. The van der Waals surface area contributed by atoms with Crippen molar-refractivity contribution >= 4 is 38.9 Å². The van der Waals surface area contributed by atoms with Gasteiger partial charge in [-0.3, -0.25) is 4.98 Å². The van der Waals surface area contributed by atoms with Crippen molar-refractivity contribution in [2.24, 2.45) is 0 Å². The minimum atomic E-state index is -0.195. The average Bonchev–Trinajstić information content (AvgIpc) is 3.53. The third-order valence-corrected chi connectivity index (χ3v) is 10.5. The molecule has 0 saturated heterocycles. The molecule has 0 bridgehead atoms. The molecule has 4 heteroatoms. The van der Waals surface area contributed by atoms with Gasteiger partial charge in [0.2, 0.25) is 17.5 Å². The van der Waals surface area contributed by atoms with Gasteiger partial charge in [0, 0.05) is 57.9 Å². The van der Waals surface area contributed by atoms with E-state index < -0.39 is 0 Å². The number of aromatic nitrogens is 2. The van der Waals surface area contributed by atoms with E-state index in [-0.39, 0.29) is 6.10 Å². The SMILES string of the molecule is C1=CC2=[N+](c3ccccc3)c3cc4c(cc3OC2C=C1)-c1ncccc1-c1cccc(-n2c3ccccc3c3ccccc32)c1-c1ccccc1-4. The van der Waals surface area contributed by atoms with E-state index in [1.54, 1.807) is 0 Å². The van der Waals surface area contributed by atoms with Crippen LogP contribution < -0.4 is 9.31 Å². The molecule has 0 spiro atoms. The number of fused-ring (bicyclic) bond motifs is 13. The van der Waals surface area contributed by atoms with Crippen molar-refractivity contribution < 1.29 is 4.74 Å². The standard InChI is InChI=1S/C47H30N3O/c1-2-14-30(15-3-1)49-41-24-10-11-26-44(41)51-45-29-38-37(28-43(45)49)31-16-4-5-19-34(31)46-35(36-21-13-27-48-47(36)38)20-12-25-42(46)50-39-22-8-6-17-32(39)33-18-7-9-23-40(33)50/h1-29,44H/q+1. The highest BCUT2D eigenvalue weighted by Gasteiger charge is 2.38. The van der Waals surface area contributed by atoms with Crippen LogP contribution in [-0.2, 0) is 0 Å². The van der Waals surface area contributed by atoms with Gasteiger partial charge in [-0.1, -0.05) is 109 Å². The topological polar surface area (TPSA) is 30.1 Å². The van der Waals surface area contributed by atoms with Crippen LogP contribution >= 0.6 is 0 Å². The molecule has 3 aliphatic rings. The smallest absolute Gasteiger partial charge is 0.254 e. The van der Waals surface area contributed by atoms with Gasteiger partial charge in [-0.2, -0.15) is 4.58 Å². The number of ether oxygens (including phenoxy) is 1. The number of nitrogens with zero attached hydrogens (tertiary/aromatic N) is 3. The number of hydrogen-bond acceptors (Lipinski definition) is 2. The van der Waals surface area contributed by atoms with Crippen molar-refractivity contribution in [2.75, 3.05) is 0 Å². The second kappa shape index (κ2) is 10.9. The van der Waals surface area contributed by atoms with Gasteiger partial charge in [0.1, 0.15) is 0 Å². The monoisotopic (exact) mass is 652 g/mol. The van der Waals surface area contributed by atoms with Crippen LogP contribution in [0.3, 0.4) is 0 Å². The van der Waals surface area contributed by atoms with E-state index in [0.717, 1.165) is 62.0 Å². The highest BCUT2D eigenvalue weighted by Crippen LogP contribution is 2.52. The summed E-state index contributed by atoms with van der Waals surface area (Å²) in [6, 6.07) is 52.4. The van der Waals surface area contributed by atoms with Gasteiger partial charge < -0.3 is 9.30 Å². The minimum absolute atomic E-state index is 0.195. The number of benzene rings is 6. The van der Waals surface area contributed by atoms with E-state index in [2.05, 4.69) is 179 Å². The second-order valence-corrected chi connectivity index (χ2v) is 13.3. The molecule has 6 aromatic carbocycles. The Labute approximate surface area is 295 Å². The van der Waals surface area contributed by atoms with Gasteiger partial charge in [-0.25, -0.2) is 0 Å². The first kappa shape index (κ1) is 28.1. The third-order valence-electron chi connectivity index (χ3n) is 10.5. The van der Waals surface area contributed by atoms with E-state index in [1.165, 1.54) is 32.9 Å². The molecule has 2 aromatic heterocycles. The number of pyridine rings is 1. The van der Waals surface area contributed by atoms with Gasteiger partial charge in [-0.05, 0) is 58.7 Å². The molecular formula is C47H30N3O+. The molecule has 2 aliphatic carbocycles. The summed E-state index contributed by atoms with van der Waals surface area (Å²) in [6.07, 6.45) is 10.2. The Morgan fingerprint density at radius 2 is 1.27 bits per heavy atom. The van der Waals surface area contributed by atoms with Gasteiger partial charge >= 0.3 is 0 Å². The summed E-state index contributed by atoms with van der Waals surface area (Å²) in [7, 11) is 0. The zero-order chi connectivity index (χ0) is 33.5. The van der Waals surface area contributed by atoms with Crippen molar-refractivity contribution in [3.63, 3.8) is 0 Å². The molecule has 1 aliphatic heterocycles. The van der Waals surface area contributed by atoms with E-state index in [9.17, 15) is 0 Å². The summed E-state index contributed by atoms with van der Waals surface area (Å²) < 4.78 is 11.6. The Bertz CT molecular complexity index is 2780. The molecule has 51 heavy (non-hydrogen) atoms. The molecule has 0 radical (unpaired) electrons. The predicted molar refractivity (Wildman–Crippen MR) is 209 cm³/mol. The first-order valence-corrected chi connectivity index (χ1v) is 17.4. The molecule has 0 N–H and O–H groups in total. The van der Waals surface area contributed by atoms with Crippen LogP contribution in [0.25, 0.3) is 72.1 Å². The zero-order valence-corrected chi connectivity index (χ0v) is 27.6. The lowest BCUT2D eigenvalue weighted by Crippen LogP contribution is -2.36. The van der Waals surface area contributed by atoms with Crippen molar-refractivity contribution in [1.82, 2.24) is 14.1 Å². The molecule has 238 valence electrons. The van der Waals surface area contributed by atoms with Crippen molar-refractivity contribution in [2.45, 2.75) is 6.10 Å². The first-order valence-electron chi connectivity index (χ1n) is 17.4. The molecule has 1 unspecified atom stereocenters. The highest BCUT2D eigenvalue weighted by molar-refractivity contribution is 6.12. The van der Waals surface area contributed by atoms with E-state index in [0.29, 0.717) is 0 Å². The summed E-state index contributed by atoms with van der Waals surface area (Å²) in [6.45, 7) is 0. The fourth-order valence-electron chi connectivity index (χ4n) is 8.40. The number of allylic oxidation sites excluding steroid dienone is 2. The zero-order valence-electron chi connectivity index (χ0n) is 27.6. The highest BCUT2D eigenvalue weighted by atomic mass is 16.5. The molecule has 8 aromatic rings. The molecule has 3 heterocycles. The first-order chi connectivity index (χ1) is 25.3. The Kier molecular flexibility index (Phi) is 5.98. The molecule has 4 nitrogen and oxygen atoms in total. The Hall–Kier alpha value is -6.78. The van der Waals surface area contributed by atoms with Crippen LogP contribution in [0.1, 0.15) is 0 Å². The van der Waals surface area contributed by atoms with Crippen LogP contribution in [0.5, 0.6) is 5.75 Å². The van der Waals surface area contributed by atoms with Crippen LogP contribution in [0.2, 0.25) is 0 Å². The predicted octanol–water partition coefficient (Wildman–Crippen LogP) is 11.3. The largest absolute Gasteiger partial charge is 0.468 e. The maximum absolute atomic E-state index is 6.80. The molecule has 1 atom stereocenters. The molecule has 0 saturated carbocycles. The van der Waals surface area contributed by atoms with Crippen molar-refractivity contribution in [3.8, 4) is 56.1 Å². The number of rotatable bonds is 2. The summed E-state index contributed by atoms with van der Waals surface area (Å²) in [5, 5.41) is 2.49. The number of para-hydroxylation sites is 3. The van der Waals surface area contributed by atoms with Crippen LogP contribution in [0.4, 0.5) is 11.4 Å². The van der Waals surface area contributed by atoms with Gasteiger partial charge in [0.15, 0.2) is 5.75 Å². The lowest BCUT2D eigenvalue weighted by Gasteiger charge is -2.28. The summed E-state index contributed by atoms with van der Waals surface area (Å²) in [5.74, 6) is 0.834. The summed E-state index contributed by atoms with van der Waals surface area (Å²) in [5.41, 5.74) is 15.6. The minimum Gasteiger partial charge on any atom is -0.468 e. The van der Waals surface area contributed by atoms with Gasteiger partial charge in [0.05, 0.1) is 22.4 Å². The lowest BCUT2D eigenvalue weighted by molar-refractivity contribution is 0.303. The fourth-order valence-corrected chi connectivity index (χ4v) is 8.40. The van der Waals surface area contributed by atoms with E-state index >= 15 is 0 Å². The average molecular weight is 653 g/mol. The number of hydrogen-bond donors (Lipinski definition) is 0. The molecule has 11 rings (SSSR count). The molecular weight excluding hydrogens is 623 g/mol. The quantitative estimate of drug-likeness (QED) is 0.174. The van der Waals surface area contributed by atoms with E-state index in [1.807, 2.05) is 6.20 Å². The summed E-state index contributed by atoms with van der Waals surface area (Å²) in [4.78, 5) is 5.13. The summed E-state index contributed by atoms with van der Waals surface area (Å²) >= 11 is 0. The second-order valence-electron chi connectivity index (χ2n) is 13.3. The maximum atomic E-state index is 6.80. The lowest BCUT2D eigenvalue weighted by atomic mass is 9.81. The van der Waals surface area contributed by atoms with Crippen molar-refractivity contribution in [1.29, 1.82) is 0 Å². The molecule has 0 amide bonds. The van der Waals surface area contributed by atoms with Crippen LogP contribution in [0, 0.1) is 0 Å². The van der Waals surface area contributed by atoms with Gasteiger partial charge in [-0.15, -0.1) is 0 Å².